The number of hydrogen-bond acceptors (Lipinski definition) is 2. The summed E-state index contributed by atoms with van der Waals surface area (Å²) in [5, 5.41) is -0.252. The molecule has 1 aliphatic rings. The number of rotatable bonds is 3. The molecule has 0 N–H and O–H groups in total. The standard InChI is InChI=1S/C9H7ClF2O2/c10-6-1-2-7(9(12)8(6)11)14-4-5-3-13-5/h1-2,5H,3-4H2/t5-/m0/s1. The second-order valence-corrected chi connectivity index (χ2v) is 3.35. The summed E-state index contributed by atoms with van der Waals surface area (Å²) in [5.41, 5.74) is 0. The zero-order valence-electron chi connectivity index (χ0n) is 7.10. The summed E-state index contributed by atoms with van der Waals surface area (Å²) in [7, 11) is 0. The third-order valence-electron chi connectivity index (χ3n) is 1.83. The van der Waals surface area contributed by atoms with Crippen molar-refractivity contribution in [3.8, 4) is 5.75 Å². The Kier molecular flexibility index (Phi) is 2.56. The number of halogens is 3. The van der Waals surface area contributed by atoms with Gasteiger partial charge in [-0.05, 0) is 12.1 Å². The quantitative estimate of drug-likeness (QED) is 0.576. The van der Waals surface area contributed by atoms with Crippen LogP contribution in [0.5, 0.6) is 5.75 Å². The molecule has 0 radical (unpaired) electrons. The number of ether oxygens (including phenoxy) is 2. The van der Waals surface area contributed by atoms with E-state index in [2.05, 4.69) is 0 Å². The molecule has 0 saturated carbocycles. The lowest BCUT2D eigenvalue weighted by molar-refractivity contribution is 0.251. The highest BCUT2D eigenvalue weighted by Crippen LogP contribution is 2.26. The van der Waals surface area contributed by atoms with Crippen molar-refractivity contribution >= 4 is 11.6 Å². The van der Waals surface area contributed by atoms with Crippen LogP contribution < -0.4 is 4.74 Å². The van der Waals surface area contributed by atoms with Crippen LogP contribution in [0.4, 0.5) is 8.78 Å². The van der Waals surface area contributed by atoms with Gasteiger partial charge in [0.25, 0.3) is 0 Å². The first-order valence-electron chi connectivity index (χ1n) is 4.06. The summed E-state index contributed by atoms with van der Waals surface area (Å²) in [5.74, 6) is -2.28. The molecule has 0 aromatic heterocycles. The van der Waals surface area contributed by atoms with Gasteiger partial charge in [-0.25, -0.2) is 4.39 Å². The third kappa shape index (κ3) is 1.96. The molecular weight excluding hydrogens is 214 g/mol. The lowest BCUT2D eigenvalue weighted by Gasteiger charge is -2.06. The maximum absolute atomic E-state index is 13.1. The van der Waals surface area contributed by atoms with Crippen molar-refractivity contribution in [2.24, 2.45) is 0 Å². The van der Waals surface area contributed by atoms with E-state index in [0.717, 1.165) is 0 Å². The van der Waals surface area contributed by atoms with Crippen molar-refractivity contribution in [1.29, 1.82) is 0 Å². The van der Waals surface area contributed by atoms with E-state index < -0.39 is 11.6 Å². The Hall–Kier alpha value is -0.870. The second-order valence-electron chi connectivity index (χ2n) is 2.94. The van der Waals surface area contributed by atoms with Crippen LogP contribution in [0.25, 0.3) is 0 Å². The summed E-state index contributed by atoms with van der Waals surface area (Å²) in [6.07, 6.45) is 0.00754. The van der Waals surface area contributed by atoms with Crippen molar-refractivity contribution in [2.45, 2.75) is 6.10 Å². The molecule has 1 aromatic rings. The highest BCUT2D eigenvalue weighted by Gasteiger charge is 2.24. The minimum absolute atomic E-state index is 0.00754. The SMILES string of the molecule is Fc1c(Cl)ccc(OC[C@@H]2CO2)c1F. The molecular formula is C9H7ClF2O2. The van der Waals surface area contributed by atoms with Gasteiger partial charge in [-0.2, -0.15) is 4.39 Å². The molecule has 0 bridgehead atoms. The van der Waals surface area contributed by atoms with Gasteiger partial charge in [0.2, 0.25) is 5.82 Å². The fourth-order valence-electron chi connectivity index (χ4n) is 0.967. The molecule has 0 aliphatic carbocycles. The van der Waals surface area contributed by atoms with E-state index in [4.69, 9.17) is 21.1 Å². The molecule has 1 atom stereocenters. The van der Waals surface area contributed by atoms with Crippen LogP contribution >= 0.6 is 11.6 Å². The maximum Gasteiger partial charge on any atom is 0.202 e. The van der Waals surface area contributed by atoms with E-state index in [1.54, 1.807) is 0 Å². The van der Waals surface area contributed by atoms with E-state index >= 15 is 0 Å². The summed E-state index contributed by atoms with van der Waals surface area (Å²) >= 11 is 5.37. The highest BCUT2D eigenvalue weighted by molar-refractivity contribution is 6.30. The average Bonchev–Trinajstić information content (AvgIpc) is 2.97. The fourth-order valence-corrected chi connectivity index (χ4v) is 1.11. The van der Waals surface area contributed by atoms with Crippen molar-refractivity contribution < 1.29 is 18.3 Å². The molecule has 14 heavy (non-hydrogen) atoms. The first-order valence-corrected chi connectivity index (χ1v) is 4.44. The van der Waals surface area contributed by atoms with E-state index in [9.17, 15) is 8.78 Å². The second kappa shape index (κ2) is 3.71. The first-order chi connectivity index (χ1) is 6.68. The average molecular weight is 221 g/mol. The predicted molar refractivity (Wildman–Crippen MR) is 46.6 cm³/mol. The first kappa shape index (κ1) is 9.68. The molecule has 1 aliphatic heterocycles. The van der Waals surface area contributed by atoms with Crippen LogP contribution in [-0.2, 0) is 4.74 Å². The van der Waals surface area contributed by atoms with Crippen LogP contribution in [-0.4, -0.2) is 19.3 Å². The molecule has 1 aromatic carbocycles. The monoisotopic (exact) mass is 220 g/mol. The normalized spacial score (nSPS) is 19.5. The van der Waals surface area contributed by atoms with Crippen molar-refractivity contribution in [1.82, 2.24) is 0 Å². The van der Waals surface area contributed by atoms with Crippen LogP contribution in [0.1, 0.15) is 0 Å². The van der Waals surface area contributed by atoms with Crippen LogP contribution in [0.3, 0.4) is 0 Å². The molecule has 0 amide bonds. The van der Waals surface area contributed by atoms with Gasteiger partial charge in [0, 0.05) is 0 Å². The Balaban J connectivity index is 2.11. The number of epoxide rings is 1. The molecule has 1 saturated heterocycles. The molecule has 1 fully saturated rings. The van der Waals surface area contributed by atoms with E-state index in [-0.39, 0.29) is 23.5 Å². The largest absolute Gasteiger partial charge is 0.488 e. The van der Waals surface area contributed by atoms with Gasteiger partial charge < -0.3 is 9.47 Å². The molecule has 2 nitrogen and oxygen atoms in total. The van der Waals surface area contributed by atoms with Gasteiger partial charge in [-0.15, -0.1) is 0 Å². The lowest BCUT2D eigenvalue weighted by atomic mass is 10.3. The minimum Gasteiger partial charge on any atom is -0.488 e. The van der Waals surface area contributed by atoms with Crippen LogP contribution in [0.2, 0.25) is 5.02 Å². The molecule has 1 heterocycles. The third-order valence-corrected chi connectivity index (χ3v) is 2.12. The highest BCUT2D eigenvalue weighted by atomic mass is 35.5. The summed E-state index contributed by atoms with van der Waals surface area (Å²) < 4.78 is 35.9. The zero-order chi connectivity index (χ0) is 10.1. The van der Waals surface area contributed by atoms with Crippen LogP contribution in [0.15, 0.2) is 12.1 Å². The Morgan fingerprint density at radius 2 is 2.14 bits per heavy atom. The predicted octanol–water partition coefficient (Wildman–Crippen LogP) is 2.40. The van der Waals surface area contributed by atoms with Gasteiger partial charge in [0.1, 0.15) is 12.7 Å². The topological polar surface area (TPSA) is 21.8 Å². The zero-order valence-corrected chi connectivity index (χ0v) is 7.85. The Morgan fingerprint density at radius 3 is 2.79 bits per heavy atom. The lowest BCUT2D eigenvalue weighted by Crippen LogP contribution is -2.06. The summed E-state index contributed by atoms with van der Waals surface area (Å²) in [6.45, 7) is 0.843. The van der Waals surface area contributed by atoms with Gasteiger partial charge in [0.15, 0.2) is 11.6 Å². The van der Waals surface area contributed by atoms with Crippen molar-refractivity contribution in [2.75, 3.05) is 13.2 Å². The van der Waals surface area contributed by atoms with Crippen LogP contribution in [0, 0.1) is 11.6 Å². The van der Waals surface area contributed by atoms with E-state index in [1.165, 1.54) is 12.1 Å². The van der Waals surface area contributed by atoms with Gasteiger partial charge in [-0.3, -0.25) is 0 Å². The molecule has 0 spiro atoms. The molecule has 5 heteroatoms. The van der Waals surface area contributed by atoms with E-state index in [0.29, 0.717) is 6.61 Å². The van der Waals surface area contributed by atoms with Crippen molar-refractivity contribution in [3.63, 3.8) is 0 Å². The molecule has 2 rings (SSSR count). The molecule has 76 valence electrons. The fraction of sp³-hybridized carbons (Fsp3) is 0.333. The smallest absolute Gasteiger partial charge is 0.202 e. The van der Waals surface area contributed by atoms with Gasteiger partial charge in [0.05, 0.1) is 11.6 Å². The number of hydrogen-bond donors (Lipinski definition) is 0. The summed E-state index contributed by atoms with van der Waals surface area (Å²) in [4.78, 5) is 0. The molecule has 0 unspecified atom stereocenters. The van der Waals surface area contributed by atoms with Gasteiger partial charge >= 0.3 is 0 Å². The van der Waals surface area contributed by atoms with Gasteiger partial charge in [-0.1, -0.05) is 11.6 Å². The number of benzene rings is 1. The van der Waals surface area contributed by atoms with E-state index in [1.807, 2.05) is 0 Å². The Bertz CT molecular complexity index is 353. The van der Waals surface area contributed by atoms with Crippen molar-refractivity contribution in [3.05, 3.63) is 28.8 Å². The Labute approximate surface area is 84.4 Å². The Morgan fingerprint density at radius 1 is 1.43 bits per heavy atom. The maximum atomic E-state index is 13.1. The minimum atomic E-state index is -1.08. The summed E-state index contributed by atoms with van der Waals surface area (Å²) in [6, 6.07) is 2.55.